The summed E-state index contributed by atoms with van der Waals surface area (Å²) in [6.07, 6.45) is 0. The summed E-state index contributed by atoms with van der Waals surface area (Å²) in [5.74, 6) is 0. The number of nitrogens with two attached hydrogens (primary N) is 1. The van der Waals surface area contributed by atoms with E-state index in [1.807, 2.05) is 45.0 Å². The third kappa shape index (κ3) is 4.40. The molecule has 1 aromatic carbocycles. The highest BCUT2D eigenvalue weighted by Gasteiger charge is 2.10. The Labute approximate surface area is 96.4 Å². The first-order valence-corrected chi connectivity index (χ1v) is 5.32. The van der Waals surface area contributed by atoms with E-state index in [2.05, 4.69) is 0 Å². The minimum Gasteiger partial charge on any atom is -0.389 e. The summed E-state index contributed by atoms with van der Waals surface area (Å²) >= 11 is 4.92. The second-order valence-corrected chi connectivity index (χ2v) is 4.91. The van der Waals surface area contributed by atoms with Gasteiger partial charge in [0.05, 0.1) is 12.2 Å². The molecule has 82 valence electrons. The van der Waals surface area contributed by atoms with Crippen molar-refractivity contribution in [2.45, 2.75) is 33.0 Å². The molecule has 0 saturated heterocycles. The summed E-state index contributed by atoms with van der Waals surface area (Å²) in [6.45, 7) is 6.68. The summed E-state index contributed by atoms with van der Waals surface area (Å²) in [5, 5.41) is 0. The molecule has 0 spiro atoms. The van der Waals surface area contributed by atoms with E-state index < -0.39 is 0 Å². The topological polar surface area (TPSA) is 35.2 Å². The van der Waals surface area contributed by atoms with Crippen LogP contribution in [0.3, 0.4) is 0 Å². The second kappa shape index (κ2) is 4.73. The number of thiocarbonyl (C=S) groups is 1. The lowest BCUT2D eigenvalue weighted by molar-refractivity contribution is -0.0149. The molecule has 1 rings (SSSR count). The Morgan fingerprint density at radius 3 is 2.60 bits per heavy atom. The van der Waals surface area contributed by atoms with Crippen LogP contribution < -0.4 is 5.73 Å². The Kier molecular flexibility index (Phi) is 3.83. The number of benzene rings is 1. The van der Waals surface area contributed by atoms with Crippen molar-refractivity contribution in [3.63, 3.8) is 0 Å². The number of hydrogen-bond donors (Lipinski definition) is 1. The summed E-state index contributed by atoms with van der Waals surface area (Å²) in [7, 11) is 0. The lowest BCUT2D eigenvalue weighted by atomic mass is 10.1. The average molecular weight is 223 g/mol. The Hall–Kier alpha value is -0.930. The van der Waals surface area contributed by atoms with Crippen molar-refractivity contribution < 1.29 is 4.74 Å². The maximum atomic E-state index is 5.67. The molecule has 0 bridgehead atoms. The van der Waals surface area contributed by atoms with Crippen LogP contribution in [0.15, 0.2) is 24.3 Å². The lowest BCUT2D eigenvalue weighted by Crippen LogP contribution is -2.19. The smallest absolute Gasteiger partial charge is 0.103 e. The van der Waals surface area contributed by atoms with Crippen LogP contribution in [0.1, 0.15) is 31.9 Å². The van der Waals surface area contributed by atoms with E-state index in [0.717, 1.165) is 11.1 Å². The largest absolute Gasteiger partial charge is 0.389 e. The van der Waals surface area contributed by atoms with Gasteiger partial charge in [0.15, 0.2) is 0 Å². The molecule has 0 heterocycles. The minimum absolute atomic E-state index is 0.126. The molecule has 0 atom stereocenters. The predicted octanol–water partition coefficient (Wildman–Crippen LogP) is 2.64. The van der Waals surface area contributed by atoms with Crippen LogP contribution in [0.2, 0.25) is 0 Å². The average Bonchev–Trinajstić information content (AvgIpc) is 2.14. The van der Waals surface area contributed by atoms with Crippen molar-refractivity contribution in [1.29, 1.82) is 0 Å². The van der Waals surface area contributed by atoms with Gasteiger partial charge in [0.2, 0.25) is 0 Å². The number of ether oxygens (including phenoxy) is 1. The molecule has 2 N–H and O–H groups in total. The van der Waals surface area contributed by atoms with Crippen molar-refractivity contribution in [3.8, 4) is 0 Å². The third-order valence-corrected chi connectivity index (χ3v) is 2.12. The van der Waals surface area contributed by atoms with Gasteiger partial charge in [-0.05, 0) is 32.4 Å². The molecular weight excluding hydrogens is 206 g/mol. The van der Waals surface area contributed by atoms with E-state index in [0.29, 0.717) is 11.6 Å². The molecule has 0 aromatic heterocycles. The standard InChI is InChI=1S/C12H17NOS/c1-12(2,3)14-8-9-5-4-6-10(7-9)11(13)15/h4-7H,8H2,1-3H3,(H2,13,15). The predicted molar refractivity (Wildman–Crippen MR) is 66.9 cm³/mol. The molecule has 0 aliphatic heterocycles. The monoisotopic (exact) mass is 223 g/mol. The van der Waals surface area contributed by atoms with Crippen LogP contribution in [0.5, 0.6) is 0 Å². The van der Waals surface area contributed by atoms with E-state index in [1.165, 1.54) is 0 Å². The van der Waals surface area contributed by atoms with E-state index in [-0.39, 0.29) is 5.60 Å². The number of hydrogen-bond acceptors (Lipinski definition) is 2. The van der Waals surface area contributed by atoms with Crippen LogP contribution >= 0.6 is 12.2 Å². The second-order valence-electron chi connectivity index (χ2n) is 4.47. The molecule has 1 aromatic rings. The van der Waals surface area contributed by atoms with Gasteiger partial charge in [-0.15, -0.1) is 0 Å². The summed E-state index contributed by atoms with van der Waals surface area (Å²) in [5.41, 5.74) is 7.41. The van der Waals surface area contributed by atoms with Crippen molar-refractivity contribution in [1.82, 2.24) is 0 Å². The van der Waals surface area contributed by atoms with Gasteiger partial charge in [-0.3, -0.25) is 0 Å². The van der Waals surface area contributed by atoms with Gasteiger partial charge in [-0.25, -0.2) is 0 Å². The molecule has 0 saturated carbocycles. The molecule has 0 unspecified atom stereocenters. The molecule has 0 amide bonds. The molecule has 0 fully saturated rings. The summed E-state index contributed by atoms with van der Waals surface area (Å²) in [4.78, 5) is 0.424. The van der Waals surface area contributed by atoms with Crippen molar-refractivity contribution in [2.75, 3.05) is 0 Å². The minimum atomic E-state index is -0.126. The van der Waals surface area contributed by atoms with E-state index in [4.69, 9.17) is 22.7 Å². The fraction of sp³-hybridized carbons (Fsp3) is 0.417. The molecular formula is C12H17NOS. The van der Waals surface area contributed by atoms with Crippen LogP contribution in [0, 0.1) is 0 Å². The fourth-order valence-electron chi connectivity index (χ4n) is 1.11. The highest BCUT2D eigenvalue weighted by atomic mass is 32.1. The first-order valence-electron chi connectivity index (χ1n) is 4.91. The van der Waals surface area contributed by atoms with Crippen LogP contribution in [-0.2, 0) is 11.3 Å². The van der Waals surface area contributed by atoms with E-state index >= 15 is 0 Å². The summed E-state index contributed by atoms with van der Waals surface area (Å²) in [6, 6.07) is 7.82. The molecule has 3 heteroatoms. The van der Waals surface area contributed by atoms with Crippen LogP contribution in [0.25, 0.3) is 0 Å². The van der Waals surface area contributed by atoms with Gasteiger partial charge in [-0.2, -0.15) is 0 Å². The maximum Gasteiger partial charge on any atom is 0.103 e. The quantitative estimate of drug-likeness (QED) is 0.800. The van der Waals surface area contributed by atoms with Crippen molar-refractivity contribution in [2.24, 2.45) is 5.73 Å². The van der Waals surface area contributed by atoms with Gasteiger partial charge in [-0.1, -0.05) is 30.4 Å². The van der Waals surface area contributed by atoms with Gasteiger partial charge in [0.25, 0.3) is 0 Å². The van der Waals surface area contributed by atoms with Gasteiger partial charge in [0.1, 0.15) is 4.99 Å². The Bertz CT molecular complexity index is 355. The highest BCUT2D eigenvalue weighted by Crippen LogP contribution is 2.12. The number of rotatable bonds is 3. The zero-order chi connectivity index (χ0) is 11.5. The van der Waals surface area contributed by atoms with Crippen molar-refractivity contribution in [3.05, 3.63) is 35.4 Å². The Morgan fingerprint density at radius 1 is 1.40 bits per heavy atom. The maximum absolute atomic E-state index is 5.67. The summed E-state index contributed by atoms with van der Waals surface area (Å²) < 4.78 is 5.67. The van der Waals surface area contributed by atoms with Crippen LogP contribution in [0.4, 0.5) is 0 Å². The molecule has 0 aliphatic rings. The Morgan fingerprint density at radius 2 is 2.07 bits per heavy atom. The SMILES string of the molecule is CC(C)(C)OCc1cccc(C(N)=S)c1. The lowest BCUT2D eigenvalue weighted by Gasteiger charge is -2.19. The van der Waals surface area contributed by atoms with Crippen molar-refractivity contribution >= 4 is 17.2 Å². The normalized spacial score (nSPS) is 11.4. The zero-order valence-corrected chi connectivity index (χ0v) is 10.2. The van der Waals surface area contributed by atoms with E-state index in [1.54, 1.807) is 0 Å². The highest BCUT2D eigenvalue weighted by molar-refractivity contribution is 7.80. The van der Waals surface area contributed by atoms with E-state index in [9.17, 15) is 0 Å². The van der Waals surface area contributed by atoms with Gasteiger partial charge < -0.3 is 10.5 Å². The zero-order valence-electron chi connectivity index (χ0n) is 9.41. The molecule has 0 aliphatic carbocycles. The third-order valence-electron chi connectivity index (χ3n) is 1.88. The molecule has 0 radical (unpaired) electrons. The first kappa shape index (κ1) is 12.1. The van der Waals surface area contributed by atoms with Gasteiger partial charge in [0, 0.05) is 5.56 Å². The molecule has 2 nitrogen and oxygen atoms in total. The molecule has 15 heavy (non-hydrogen) atoms. The van der Waals surface area contributed by atoms with Crippen LogP contribution in [-0.4, -0.2) is 10.6 Å². The fourth-order valence-corrected chi connectivity index (χ4v) is 1.24. The Balaban J connectivity index is 2.70. The van der Waals surface area contributed by atoms with Gasteiger partial charge >= 0.3 is 0 Å². The first-order chi connectivity index (χ1) is 6.88.